The van der Waals surface area contributed by atoms with E-state index in [1.165, 1.54) is 19.4 Å². The molecule has 3 fully saturated rings. The Morgan fingerprint density at radius 3 is 2.33 bits per heavy atom. The molecular formula is C11H21N. The lowest BCUT2D eigenvalue weighted by Gasteiger charge is -2.67. The molecule has 1 saturated heterocycles. The summed E-state index contributed by atoms with van der Waals surface area (Å²) >= 11 is 0. The van der Waals surface area contributed by atoms with E-state index in [1.807, 2.05) is 0 Å². The number of rotatable bonds is 0. The van der Waals surface area contributed by atoms with E-state index in [1.54, 1.807) is 19.3 Å². The van der Waals surface area contributed by atoms with Gasteiger partial charge in [0, 0.05) is 6.04 Å². The van der Waals surface area contributed by atoms with Crippen molar-refractivity contribution in [1.82, 2.24) is 4.90 Å². The fraction of sp³-hybridized carbons (Fsp3) is 1.00. The predicted octanol–water partition coefficient (Wildman–Crippen LogP) is 2.52. The monoisotopic (exact) mass is 167 g/mol. The maximum atomic E-state index is 2.61. The number of hydrogen-bond donors (Lipinski definition) is 0. The smallest absolute Gasteiger partial charge is 0.0151 e. The van der Waals surface area contributed by atoms with Gasteiger partial charge in [-0.3, -0.25) is 0 Å². The summed E-state index contributed by atoms with van der Waals surface area (Å²) in [5, 5.41) is 0. The molecule has 0 bridgehead atoms. The van der Waals surface area contributed by atoms with Gasteiger partial charge in [-0.15, -0.1) is 0 Å². The minimum atomic E-state index is 0. The normalized spacial score (nSPS) is 50.8. The van der Waals surface area contributed by atoms with E-state index in [0.29, 0.717) is 0 Å². The van der Waals surface area contributed by atoms with Crippen molar-refractivity contribution in [3.8, 4) is 0 Å². The van der Waals surface area contributed by atoms with Crippen molar-refractivity contribution in [2.24, 2.45) is 11.3 Å². The highest BCUT2D eigenvalue weighted by atomic mass is 15.2. The molecule has 2 aliphatic carbocycles. The molecule has 3 unspecified atom stereocenters. The summed E-state index contributed by atoms with van der Waals surface area (Å²) < 4.78 is 0. The van der Waals surface area contributed by atoms with Gasteiger partial charge >= 0.3 is 0 Å². The van der Waals surface area contributed by atoms with Crippen molar-refractivity contribution in [3.05, 3.63) is 0 Å². The third-order valence-corrected chi connectivity index (χ3v) is 4.68. The lowest BCUT2D eigenvalue weighted by Crippen LogP contribution is -2.65. The van der Waals surface area contributed by atoms with E-state index in [2.05, 4.69) is 11.9 Å². The Kier molecular flexibility index (Phi) is 1.76. The molecule has 0 radical (unpaired) electrons. The molecule has 0 aromatic carbocycles. The second-order valence-electron chi connectivity index (χ2n) is 4.79. The summed E-state index contributed by atoms with van der Waals surface area (Å²) in [7, 11) is 2.32. The standard InChI is InChI=1S/C10H17N.CH4/c1-11-7-4-8-2-5-10(8)6-3-9(10)11;/h8-9H,2-7H2,1H3;1H4. The molecule has 1 aliphatic heterocycles. The molecule has 70 valence electrons. The highest BCUT2D eigenvalue weighted by Gasteiger charge is 2.59. The van der Waals surface area contributed by atoms with Gasteiger partial charge in [0.2, 0.25) is 0 Å². The molecule has 0 aromatic heterocycles. The van der Waals surface area contributed by atoms with Crippen LogP contribution in [0.4, 0.5) is 0 Å². The van der Waals surface area contributed by atoms with E-state index in [-0.39, 0.29) is 7.43 Å². The van der Waals surface area contributed by atoms with Gasteiger partial charge in [-0.05, 0) is 57.0 Å². The zero-order valence-electron chi connectivity index (χ0n) is 7.34. The van der Waals surface area contributed by atoms with Gasteiger partial charge in [-0.1, -0.05) is 7.43 Å². The molecule has 1 nitrogen and oxygen atoms in total. The zero-order chi connectivity index (χ0) is 7.47. The van der Waals surface area contributed by atoms with Gasteiger partial charge in [0.15, 0.2) is 0 Å². The van der Waals surface area contributed by atoms with Gasteiger partial charge < -0.3 is 4.90 Å². The third-order valence-electron chi connectivity index (χ3n) is 4.68. The fourth-order valence-electron chi connectivity index (χ4n) is 3.74. The molecule has 12 heavy (non-hydrogen) atoms. The molecule has 2 saturated carbocycles. The molecular weight excluding hydrogens is 146 g/mol. The van der Waals surface area contributed by atoms with Crippen LogP contribution in [0.25, 0.3) is 0 Å². The molecule has 0 N–H and O–H groups in total. The Hall–Kier alpha value is -0.0400. The van der Waals surface area contributed by atoms with Crippen LogP contribution in [0, 0.1) is 11.3 Å². The molecule has 3 aliphatic rings. The summed E-state index contributed by atoms with van der Waals surface area (Å²) in [6.07, 6.45) is 7.63. The van der Waals surface area contributed by atoms with Crippen molar-refractivity contribution in [2.45, 2.75) is 45.6 Å². The molecule has 1 heteroatoms. The first kappa shape index (κ1) is 8.55. The highest BCUT2D eigenvalue weighted by molar-refractivity contribution is 5.12. The minimum Gasteiger partial charge on any atom is -0.303 e. The molecule has 1 spiro atoms. The van der Waals surface area contributed by atoms with Crippen LogP contribution in [0.1, 0.15) is 39.5 Å². The van der Waals surface area contributed by atoms with Gasteiger partial charge in [-0.25, -0.2) is 0 Å². The first-order valence-corrected chi connectivity index (χ1v) is 5.03. The van der Waals surface area contributed by atoms with Crippen LogP contribution >= 0.6 is 0 Å². The summed E-state index contributed by atoms with van der Waals surface area (Å²) in [4.78, 5) is 2.61. The fourth-order valence-corrected chi connectivity index (χ4v) is 3.74. The van der Waals surface area contributed by atoms with Gasteiger partial charge in [0.05, 0.1) is 0 Å². The third kappa shape index (κ3) is 0.736. The highest BCUT2D eigenvalue weighted by Crippen LogP contribution is 2.64. The predicted molar refractivity (Wildman–Crippen MR) is 52.2 cm³/mol. The number of piperidine rings is 1. The van der Waals surface area contributed by atoms with Crippen molar-refractivity contribution < 1.29 is 0 Å². The number of hydrogen-bond acceptors (Lipinski definition) is 1. The topological polar surface area (TPSA) is 3.24 Å². The van der Waals surface area contributed by atoms with Crippen LogP contribution in [0.2, 0.25) is 0 Å². The van der Waals surface area contributed by atoms with Crippen LogP contribution in [0.5, 0.6) is 0 Å². The Morgan fingerprint density at radius 1 is 1.17 bits per heavy atom. The quantitative estimate of drug-likeness (QED) is 0.536. The van der Waals surface area contributed by atoms with Gasteiger partial charge in [0.1, 0.15) is 0 Å². The van der Waals surface area contributed by atoms with Gasteiger partial charge in [0.25, 0.3) is 0 Å². The van der Waals surface area contributed by atoms with E-state index >= 15 is 0 Å². The molecule has 0 aromatic rings. The maximum absolute atomic E-state index is 2.61. The number of nitrogens with zero attached hydrogens (tertiary/aromatic N) is 1. The lowest BCUT2D eigenvalue weighted by atomic mass is 9.45. The maximum Gasteiger partial charge on any atom is 0.0151 e. The molecule has 3 atom stereocenters. The number of likely N-dealkylation sites (tertiary alicyclic amines) is 1. The molecule has 0 amide bonds. The lowest BCUT2D eigenvalue weighted by molar-refractivity contribution is -0.161. The first-order chi connectivity index (χ1) is 5.33. The van der Waals surface area contributed by atoms with Crippen LogP contribution in [-0.4, -0.2) is 24.5 Å². The zero-order valence-corrected chi connectivity index (χ0v) is 7.34. The van der Waals surface area contributed by atoms with Crippen molar-refractivity contribution >= 4 is 0 Å². The Morgan fingerprint density at radius 2 is 1.92 bits per heavy atom. The van der Waals surface area contributed by atoms with Crippen molar-refractivity contribution in [3.63, 3.8) is 0 Å². The Bertz CT molecular complexity index is 185. The summed E-state index contributed by atoms with van der Waals surface area (Å²) in [5.74, 6) is 1.14. The largest absolute Gasteiger partial charge is 0.303 e. The van der Waals surface area contributed by atoms with E-state index in [4.69, 9.17) is 0 Å². The Balaban J connectivity index is 0.000000563. The summed E-state index contributed by atoms with van der Waals surface area (Å²) in [5.41, 5.74) is 0.854. The second kappa shape index (κ2) is 2.47. The van der Waals surface area contributed by atoms with Crippen LogP contribution < -0.4 is 0 Å². The van der Waals surface area contributed by atoms with E-state index < -0.39 is 0 Å². The van der Waals surface area contributed by atoms with E-state index in [0.717, 1.165) is 17.4 Å². The first-order valence-electron chi connectivity index (χ1n) is 5.03. The second-order valence-corrected chi connectivity index (χ2v) is 4.79. The van der Waals surface area contributed by atoms with Crippen molar-refractivity contribution in [2.75, 3.05) is 13.6 Å². The molecule has 3 rings (SSSR count). The average Bonchev–Trinajstić information content (AvgIpc) is 1.80. The SMILES string of the molecule is C.CN1CCC2CCC23CCC13. The minimum absolute atomic E-state index is 0. The van der Waals surface area contributed by atoms with Crippen LogP contribution in [0.3, 0.4) is 0 Å². The van der Waals surface area contributed by atoms with E-state index in [9.17, 15) is 0 Å². The van der Waals surface area contributed by atoms with Crippen molar-refractivity contribution in [1.29, 1.82) is 0 Å². The van der Waals surface area contributed by atoms with Crippen LogP contribution in [0.15, 0.2) is 0 Å². The summed E-state index contributed by atoms with van der Waals surface area (Å²) in [6.45, 7) is 1.37. The molecule has 1 heterocycles. The summed E-state index contributed by atoms with van der Waals surface area (Å²) in [6, 6.07) is 0.995. The van der Waals surface area contributed by atoms with Crippen LogP contribution in [-0.2, 0) is 0 Å². The average molecular weight is 167 g/mol. The Labute approximate surface area is 76.1 Å². The van der Waals surface area contributed by atoms with Gasteiger partial charge in [-0.2, -0.15) is 0 Å².